The van der Waals surface area contributed by atoms with E-state index in [2.05, 4.69) is 53.2 Å². The summed E-state index contributed by atoms with van der Waals surface area (Å²) in [5, 5.41) is 8.17. The van der Waals surface area contributed by atoms with Gasteiger partial charge in [-0.15, -0.1) is 11.3 Å². The number of rotatable bonds is 5. The van der Waals surface area contributed by atoms with Crippen molar-refractivity contribution in [1.82, 2.24) is 25.1 Å². The molecule has 2 fully saturated rings. The predicted molar refractivity (Wildman–Crippen MR) is 137 cm³/mol. The van der Waals surface area contributed by atoms with Gasteiger partial charge in [-0.2, -0.15) is 10.1 Å². The summed E-state index contributed by atoms with van der Waals surface area (Å²) < 4.78 is 13.6. The second kappa shape index (κ2) is 9.76. The lowest BCUT2D eigenvalue weighted by molar-refractivity contribution is -0.00322. The topological polar surface area (TPSA) is 77.3 Å². The number of anilines is 1. The van der Waals surface area contributed by atoms with Crippen LogP contribution in [0.15, 0.2) is 42.6 Å². The van der Waals surface area contributed by atoms with E-state index < -0.39 is 0 Å². The lowest BCUT2D eigenvalue weighted by atomic mass is 10.1. The third-order valence-corrected chi connectivity index (χ3v) is 7.12. The number of nitrogens with one attached hydrogen (secondary N) is 1. The van der Waals surface area contributed by atoms with Crippen LogP contribution in [0, 0.1) is 18.8 Å². The molecular formula is C26H26N6O2S. The first-order valence-electron chi connectivity index (χ1n) is 11.8. The number of aryl methyl sites for hydroxylation is 1. The van der Waals surface area contributed by atoms with E-state index >= 15 is 0 Å². The summed E-state index contributed by atoms with van der Waals surface area (Å²) in [6, 6.07) is 12.8. The molecule has 5 heterocycles. The molecule has 6 rings (SSSR count). The average molecular weight is 487 g/mol. The fourth-order valence-corrected chi connectivity index (χ4v) is 5.12. The fraction of sp³-hybridized carbons (Fsp3) is 0.346. The van der Waals surface area contributed by atoms with Crippen molar-refractivity contribution in [2.45, 2.75) is 13.0 Å². The number of hydrogen-bond acceptors (Lipinski definition) is 8. The van der Waals surface area contributed by atoms with Crippen LogP contribution in [0.2, 0.25) is 0 Å². The molecule has 2 saturated heterocycles. The van der Waals surface area contributed by atoms with Crippen LogP contribution in [0.1, 0.15) is 10.4 Å². The first-order valence-corrected chi connectivity index (χ1v) is 12.6. The number of hydrogen-bond donors (Lipinski definition) is 1. The Balaban J connectivity index is 1.34. The lowest BCUT2D eigenvalue weighted by Crippen LogP contribution is -2.45. The second-order valence-electron chi connectivity index (χ2n) is 8.70. The van der Waals surface area contributed by atoms with Crippen LogP contribution in [0.5, 0.6) is 0 Å². The van der Waals surface area contributed by atoms with Gasteiger partial charge >= 0.3 is 0 Å². The quantitative estimate of drug-likeness (QED) is 0.435. The number of thiophene rings is 1. The van der Waals surface area contributed by atoms with Crippen LogP contribution >= 0.6 is 11.3 Å². The van der Waals surface area contributed by atoms with Crippen molar-refractivity contribution >= 4 is 27.4 Å². The summed E-state index contributed by atoms with van der Waals surface area (Å²) in [7, 11) is 0. The molecule has 0 bridgehead atoms. The molecule has 0 unspecified atom stereocenters. The zero-order valence-corrected chi connectivity index (χ0v) is 20.3. The van der Waals surface area contributed by atoms with Gasteiger partial charge in [-0.3, -0.25) is 5.32 Å². The minimum atomic E-state index is 0.423. The van der Waals surface area contributed by atoms with Crippen molar-refractivity contribution in [2.24, 2.45) is 0 Å². The number of nitrogens with zero attached hydrogens (tertiary/aromatic N) is 5. The number of benzene rings is 1. The minimum Gasteiger partial charge on any atom is -0.378 e. The van der Waals surface area contributed by atoms with E-state index in [1.165, 1.54) is 5.56 Å². The highest BCUT2D eigenvalue weighted by atomic mass is 32.1. The van der Waals surface area contributed by atoms with E-state index in [4.69, 9.17) is 24.5 Å². The Labute approximate surface area is 207 Å². The molecule has 2 aliphatic rings. The molecule has 0 spiro atoms. The highest BCUT2D eigenvalue weighted by Crippen LogP contribution is 2.33. The van der Waals surface area contributed by atoms with Gasteiger partial charge in [-0.05, 0) is 25.1 Å². The van der Waals surface area contributed by atoms with Crippen molar-refractivity contribution < 1.29 is 9.47 Å². The van der Waals surface area contributed by atoms with Crippen molar-refractivity contribution in [3.63, 3.8) is 0 Å². The molecule has 0 atom stereocenters. The highest BCUT2D eigenvalue weighted by Gasteiger charge is 2.21. The first kappa shape index (κ1) is 22.2. The number of aromatic nitrogens is 4. The largest absolute Gasteiger partial charge is 0.378 e. The molecule has 0 aliphatic carbocycles. The molecule has 1 aromatic carbocycles. The van der Waals surface area contributed by atoms with Crippen molar-refractivity contribution in [1.29, 1.82) is 0 Å². The van der Waals surface area contributed by atoms with Crippen LogP contribution in [-0.2, 0) is 9.47 Å². The maximum Gasteiger partial charge on any atom is 0.253 e. The zero-order valence-electron chi connectivity index (χ0n) is 19.5. The molecule has 8 nitrogen and oxygen atoms in total. The standard InChI is InChI=1S/C26H26N6O2S/c1-18-4-2-5-19(14-18)22-7-9-32(30-22)26-28-23-15-21(6-3-8-27-20-16-34-17-20)35-24(23)25(29-26)31-10-12-33-13-11-31/h2,4-5,7,9,14-15,20,27H,8,10-13,16-17H2,1H3. The maximum absolute atomic E-state index is 5.58. The first-order chi connectivity index (χ1) is 17.2. The molecule has 35 heavy (non-hydrogen) atoms. The average Bonchev–Trinajstić information content (AvgIpc) is 3.50. The molecule has 0 amide bonds. The third-order valence-electron chi connectivity index (χ3n) is 6.09. The smallest absolute Gasteiger partial charge is 0.253 e. The SMILES string of the molecule is Cc1cccc(-c2ccn(-c3nc(N4CCOCC4)c4sc(C#CCNC5COC5)cc4n3)n2)c1. The van der Waals surface area contributed by atoms with E-state index in [0.29, 0.717) is 31.7 Å². The van der Waals surface area contributed by atoms with Crippen LogP contribution < -0.4 is 10.2 Å². The van der Waals surface area contributed by atoms with E-state index in [-0.39, 0.29) is 0 Å². The minimum absolute atomic E-state index is 0.423. The van der Waals surface area contributed by atoms with E-state index in [1.54, 1.807) is 16.0 Å². The molecule has 0 saturated carbocycles. The van der Waals surface area contributed by atoms with E-state index in [1.807, 2.05) is 18.3 Å². The van der Waals surface area contributed by atoms with E-state index in [0.717, 1.165) is 58.5 Å². The van der Waals surface area contributed by atoms with Crippen LogP contribution in [-0.4, -0.2) is 71.9 Å². The molecule has 9 heteroatoms. The van der Waals surface area contributed by atoms with Gasteiger partial charge in [-0.25, -0.2) is 9.67 Å². The Kier molecular flexibility index (Phi) is 6.19. The molecule has 1 N–H and O–H groups in total. The number of morpholine rings is 1. The van der Waals surface area contributed by atoms with Crippen molar-refractivity contribution in [3.8, 4) is 29.0 Å². The van der Waals surface area contributed by atoms with Crippen LogP contribution in [0.25, 0.3) is 27.4 Å². The Hall–Kier alpha value is -3.29. The van der Waals surface area contributed by atoms with E-state index in [9.17, 15) is 0 Å². The van der Waals surface area contributed by atoms with Crippen LogP contribution in [0.3, 0.4) is 0 Å². The summed E-state index contributed by atoms with van der Waals surface area (Å²) in [5.41, 5.74) is 4.06. The monoisotopic (exact) mass is 486 g/mol. The van der Waals surface area contributed by atoms with Gasteiger partial charge in [0.05, 0.1) is 59.8 Å². The summed E-state index contributed by atoms with van der Waals surface area (Å²) in [6.07, 6.45) is 1.92. The lowest BCUT2D eigenvalue weighted by Gasteiger charge is -2.28. The van der Waals surface area contributed by atoms with Gasteiger partial charge in [0, 0.05) is 24.8 Å². The Morgan fingerprint density at radius 3 is 2.80 bits per heavy atom. The second-order valence-corrected chi connectivity index (χ2v) is 9.76. The van der Waals surface area contributed by atoms with Crippen molar-refractivity contribution in [2.75, 3.05) is 51.0 Å². The summed E-state index contributed by atoms with van der Waals surface area (Å²) in [5.74, 6) is 7.99. The van der Waals surface area contributed by atoms with Gasteiger partial charge in [0.25, 0.3) is 5.95 Å². The zero-order chi connectivity index (χ0) is 23.6. The summed E-state index contributed by atoms with van der Waals surface area (Å²) in [4.78, 5) is 13.1. The summed E-state index contributed by atoms with van der Waals surface area (Å²) in [6.45, 7) is 7.24. The van der Waals surface area contributed by atoms with Gasteiger partial charge in [0.2, 0.25) is 0 Å². The Bertz CT molecular complexity index is 1410. The van der Waals surface area contributed by atoms with Gasteiger partial charge < -0.3 is 14.4 Å². The molecule has 4 aromatic rings. The third kappa shape index (κ3) is 4.79. The maximum atomic E-state index is 5.58. The molecule has 0 radical (unpaired) electrons. The van der Waals surface area contributed by atoms with Gasteiger partial charge in [-0.1, -0.05) is 35.6 Å². The van der Waals surface area contributed by atoms with Gasteiger partial charge in [0.1, 0.15) is 0 Å². The van der Waals surface area contributed by atoms with Gasteiger partial charge in [0.15, 0.2) is 5.82 Å². The number of ether oxygens (including phenoxy) is 2. The predicted octanol–water partition coefficient (Wildman–Crippen LogP) is 3.03. The molecule has 2 aliphatic heterocycles. The Morgan fingerprint density at radius 1 is 1.11 bits per heavy atom. The number of fused-ring (bicyclic) bond motifs is 1. The fourth-order valence-electron chi connectivity index (χ4n) is 4.13. The summed E-state index contributed by atoms with van der Waals surface area (Å²) >= 11 is 1.64. The Morgan fingerprint density at radius 2 is 2.00 bits per heavy atom. The van der Waals surface area contributed by atoms with Crippen molar-refractivity contribution in [3.05, 3.63) is 53.0 Å². The molecule has 3 aromatic heterocycles. The highest BCUT2D eigenvalue weighted by molar-refractivity contribution is 7.20. The molecule has 178 valence electrons. The van der Waals surface area contributed by atoms with Crippen LogP contribution in [0.4, 0.5) is 5.82 Å². The molecular weight excluding hydrogens is 460 g/mol. The normalized spacial score (nSPS) is 16.2.